The third kappa shape index (κ3) is 3.87. The van der Waals surface area contributed by atoms with Crippen LogP contribution in [-0.4, -0.2) is 21.2 Å². The summed E-state index contributed by atoms with van der Waals surface area (Å²) < 4.78 is 28.3. The van der Waals surface area contributed by atoms with Gasteiger partial charge in [0, 0.05) is 11.8 Å². The Morgan fingerprint density at radius 1 is 1.04 bits per heavy atom. The molecule has 0 aromatic heterocycles. The van der Waals surface area contributed by atoms with Gasteiger partial charge in [-0.15, -0.1) is 0 Å². The van der Waals surface area contributed by atoms with E-state index in [9.17, 15) is 8.42 Å². The highest BCUT2D eigenvalue weighted by atomic mass is 32.2. The maximum atomic E-state index is 11.3. The fraction of sp³-hybridized carbons (Fsp3) is 0.105. The molecule has 0 aliphatic carbocycles. The van der Waals surface area contributed by atoms with Gasteiger partial charge in [-0.05, 0) is 48.0 Å². The van der Waals surface area contributed by atoms with Crippen LogP contribution in [0.1, 0.15) is 12.5 Å². The highest BCUT2D eigenvalue weighted by Crippen LogP contribution is 2.27. The van der Waals surface area contributed by atoms with E-state index in [0.29, 0.717) is 12.3 Å². The van der Waals surface area contributed by atoms with Crippen molar-refractivity contribution in [3.8, 4) is 5.75 Å². The Morgan fingerprint density at radius 3 is 2.44 bits per heavy atom. The molecule has 3 aromatic rings. The highest BCUT2D eigenvalue weighted by Gasteiger charge is 2.08. The van der Waals surface area contributed by atoms with E-state index in [1.165, 1.54) is 12.1 Å². The molecule has 0 atom stereocenters. The lowest BCUT2D eigenvalue weighted by atomic mass is 10.0. The van der Waals surface area contributed by atoms with Gasteiger partial charge in [0.05, 0.1) is 17.2 Å². The maximum absolute atomic E-state index is 11.3. The molecule has 6 heteroatoms. The number of sulfonamides is 1. The van der Waals surface area contributed by atoms with E-state index in [2.05, 4.69) is 4.99 Å². The van der Waals surface area contributed by atoms with Crippen LogP contribution >= 0.6 is 0 Å². The Labute approximate surface area is 146 Å². The minimum atomic E-state index is -3.70. The summed E-state index contributed by atoms with van der Waals surface area (Å²) in [5.74, 6) is 0.756. The third-order valence-corrected chi connectivity index (χ3v) is 4.67. The average molecular weight is 354 g/mol. The number of hydrogen-bond donors (Lipinski definition) is 1. The molecule has 3 rings (SSSR count). The Kier molecular flexibility index (Phi) is 4.83. The lowest BCUT2D eigenvalue weighted by Gasteiger charge is -2.10. The summed E-state index contributed by atoms with van der Waals surface area (Å²) in [5.41, 5.74) is 1.51. The number of nitrogens with zero attached hydrogens (tertiary/aromatic N) is 1. The summed E-state index contributed by atoms with van der Waals surface area (Å²) >= 11 is 0. The minimum Gasteiger partial charge on any atom is -0.493 e. The Balaban J connectivity index is 2.01. The lowest BCUT2D eigenvalue weighted by Crippen LogP contribution is -2.11. The number of ether oxygens (including phenoxy) is 1. The number of benzene rings is 3. The molecule has 0 saturated heterocycles. The number of fused-ring (bicyclic) bond motifs is 1. The Bertz CT molecular complexity index is 1030. The molecule has 0 aliphatic heterocycles. The standard InChI is InChI=1S/C19H18N2O3S/c1-2-24-19-12-7-14-5-3-4-6-17(14)18(19)13-21-15-8-10-16(11-9-15)25(20,22)23/h3-13H,2H2,1H3,(H2,20,22,23). The SMILES string of the molecule is CCOc1ccc2ccccc2c1C=Nc1ccc(S(N)(=O)=O)cc1. The molecule has 0 amide bonds. The van der Waals surface area contributed by atoms with Crippen molar-refractivity contribution in [3.05, 3.63) is 66.2 Å². The van der Waals surface area contributed by atoms with Crippen molar-refractivity contribution in [1.82, 2.24) is 0 Å². The van der Waals surface area contributed by atoms with Gasteiger partial charge in [0.2, 0.25) is 10.0 Å². The molecule has 0 fully saturated rings. The number of rotatable bonds is 5. The van der Waals surface area contributed by atoms with E-state index in [0.717, 1.165) is 22.1 Å². The molecule has 0 spiro atoms. The normalized spacial score (nSPS) is 11.9. The first kappa shape index (κ1) is 17.1. The van der Waals surface area contributed by atoms with Crippen LogP contribution in [0.4, 0.5) is 5.69 Å². The predicted octanol–water partition coefficient (Wildman–Crippen LogP) is 3.64. The fourth-order valence-electron chi connectivity index (χ4n) is 2.55. The van der Waals surface area contributed by atoms with Crippen molar-refractivity contribution >= 4 is 32.7 Å². The van der Waals surface area contributed by atoms with Crippen molar-refractivity contribution in [1.29, 1.82) is 0 Å². The summed E-state index contributed by atoms with van der Waals surface area (Å²) in [6.07, 6.45) is 1.74. The zero-order chi connectivity index (χ0) is 17.9. The summed E-state index contributed by atoms with van der Waals surface area (Å²) in [5, 5.41) is 7.24. The number of nitrogens with two attached hydrogens (primary N) is 1. The second-order valence-electron chi connectivity index (χ2n) is 5.43. The minimum absolute atomic E-state index is 0.0617. The average Bonchev–Trinajstić information content (AvgIpc) is 2.60. The molecule has 0 unspecified atom stereocenters. The van der Waals surface area contributed by atoms with Crippen LogP contribution in [0.25, 0.3) is 10.8 Å². The quantitative estimate of drug-likeness (QED) is 0.710. The van der Waals surface area contributed by atoms with Gasteiger partial charge in [-0.2, -0.15) is 0 Å². The van der Waals surface area contributed by atoms with Gasteiger partial charge in [-0.25, -0.2) is 13.6 Å². The maximum Gasteiger partial charge on any atom is 0.238 e. The number of aliphatic imine (C=N–C) groups is 1. The molecular weight excluding hydrogens is 336 g/mol. The van der Waals surface area contributed by atoms with Crippen LogP contribution in [-0.2, 0) is 10.0 Å². The first-order valence-electron chi connectivity index (χ1n) is 7.80. The van der Waals surface area contributed by atoms with E-state index in [1.807, 2.05) is 43.3 Å². The molecule has 5 nitrogen and oxygen atoms in total. The zero-order valence-corrected chi connectivity index (χ0v) is 14.5. The van der Waals surface area contributed by atoms with E-state index in [1.54, 1.807) is 18.3 Å². The van der Waals surface area contributed by atoms with Crippen molar-refractivity contribution in [2.75, 3.05) is 6.61 Å². The predicted molar refractivity (Wildman–Crippen MR) is 100 cm³/mol. The second kappa shape index (κ2) is 7.04. The van der Waals surface area contributed by atoms with E-state index in [4.69, 9.17) is 9.88 Å². The molecular formula is C19H18N2O3S. The van der Waals surface area contributed by atoms with Crippen LogP contribution in [0.15, 0.2) is 70.6 Å². The van der Waals surface area contributed by atoms with Crippen LogP contribution in [0, 0.1) is 0 Å². The van der Waals surface area contributed by atoms with E-state index in [-0.39, 0.29) is 4.90 Å². The largest absolute Gasteiger partial charge is 0.493 e. The molecule has 128 valence electrons. The molecule has 3 aromatic carbocycles. The monoisotopic (exact) mass is 354 g/mol. The van der Waals surface area contributed by atoms with Crippen LogP contribution in [0.2, 0.25) is 0 Å². The Hall–Kier alpha value is -2.70. The van der Waals surface area contributed by atoms with Gasteiger partial charge in [0.25, 0.3) is 0 Å². The summed E-state index contributed by atoms with van der Waals surface area (Å²) in [6, 6.07) is 18.0. The lowest BCUT2D eigenvalue weighted by molar-refractivity contribution is 0.340. The van der Waals surface area contributed by atoms with Crippen LogP contribution in [0.5, 0.6) is 5.75 Å². The molecule has 0 bridgehead atoms. The summed E-state index contributed by atoms with van der Waals surface area (Å²) in [6.45, 7) is 2.49. The molecule has 25 heavy (non-hydrogen) atoms. The highest BCUT2D eigenvalue weighted by molar-refractivity contribution is 7.89. The molecule has 0 aliphatic rings. The van der Waals surface area contributed by atoms with Crippen molar-refractivity contribution in [3.63, 3.8) is 0 Å². The summed E-state index contributed by atoms with van der Waals surface area (Å²) in [4.78, 5) is 4.51. The second-order valence-corrected chi connectivity index (χ2v) is 6.99. The van der Waals surface area contributed by atoms with Gasteiger partial charge in [-0.1, -0.05) is 30.3 Å². The van der Waals surface area contributed by atoms with Gasteiger partial charge in [0.1, 0.15) is 5.75 Å². The number of hydrogen-bond acceptors (Lipinski definition) is 4. The van der Waals surface area contributed by atoms with Gasteiger partial charge in [-0.3, -0.25) is 4.99 Å². The van der Waals surface area contributed by atoms with Crippen LogP contribution < -0.4 is 9.88 Å². The van der Waals surface area contributed by atoms with Gasteiger partial charge < -0.3 is 4.74 Å². The van der Waals surface area contributed by atoms with Crippen molar-refractivity contribution < 1.29 is 13.2 Å². The third-order valence-electron chi connectivity index (χ3n) is 3.74. The van der Waals surface area contributed by atoms with E-state index >= 15 is 0 Å². The topological polar surface area (TPSA) is 81.8 Å². The smallest absolute Gasteiger partial charge is 0.238 e. The van der Waals surface area contributed by atoms with Crippen molar-refractivity contribution in [2.45, 2.75) is 11.8 Å². The zero-order valence-electron chi connectivity index (χ0n) is 13.7. The van der Waals surface area contributed by atoms with Gasteiger partial charge in [0.15, 0.2) is 0 Å². The molecule has 0 radical (unpaired) electrons. The fourth-order valence-corrected chi connectivity index (χ4v) is 3.07. The van der Waals surface area contributed by atoms with Crippen molar-refractivity contribution in [2.24, 2.45) is 10.1 Å². The summed E-state index contributed by atoms with van der Waals surface area (Å²) in [7, 11) is -3.70. The molecule has 0 saturated carbocycles. The van der Waals surface area contributed by atoms with Crippen LogP contribution in [0.3, 0.4) is 0 Å². The molecule has 0 heterocycles. The van der Waals surface area contributed by atoms with E-state index < -0.39 is 10.0 Å². The first-order chi connectivity index (χ1) is 12.0. The Morgan fingerprint density at radius 2 is 1.76 bits per heavy atom. The molecule has 2 N–H and O–H groups in total. The number of primary sulfonamides is 1. The van der Waals surface area contributed by atoms with Gasteiger partial charge >= 0.3 is 0 Å². The first-order valence-corrected chi connectivity index (χ1v) is 9.35.